The Balaban J connectivity index is 1.39. The number of rotatable bonds is 5. The fourth-order valence-corrected chi connectivity index (χ4v) is 3.25. The molecule has 6 heteroatoms. The first kappa shape index (κ1) is 17.3. The lowest BCUT2D eigenvalue weighted by Gasteiger charge is -2.36. The van der Waals surface area contributed by atoms with Gasteiger partial charge in [-0.05, 0) is 18.1 Å². The summed E-state index contributed by atoms with van der Waals surface area (Å²) in [5, 5.41) is 0. The molecule has 0 unspecified atom stereocenters. The van der Waals surface area contributed by atoms with Crippen LogP contribution in [0.15, 0.2) is 24.3 Å². The van der Waals surface area contributed by atoms with E-state index in [1.807, 2.05) is 17.0 Å². The summed E-state index contributed by atoms with van der Waals surface area (Å²) < 4.78 is 19.0. The molecule has 2 aliphatic heterocycles. The number of ether oxygens (including phenoxy) is 1. The number of hydrogen-bond donors (Lipinski definition) is 0. The molecule has 0 bridgehead atoms. The van der Waals surface area contributed by atoms with Crippen LogP contribution in [0.25, 0.3) is 0 Å². The van der Waals surface area contributed by atoms with Crippen molar-refractivity contribution < 1.29 is 13.9 Å². The monoisotopic (exact) mass is 335 g/mol. The summed E-state index contributed by atoms with van der Waals surface area (Å²) in [7, 11) is 0. The molecular weight excluding hydrogens is 309 g/mol. The highest BCUT2D eigenvalue weighted by Gasteiger charge is 2.23. The van der Waals surface area contributed by atoms with Crippen molar-refractivity contribution in [3.8, 4) is 0 Å². The van der Waals surface area contributed by atoms with Gasteiger partial charge in [0.15, 0.2) is 0 Å². The van der Waals surface area contributed by atoms with Crippen molar-refractivity contribution in [1.82, 2.24) is 14.7 Å². The van der Waals surface area contributed by atoms with Gasteiger partial charge in [-0.15, -0.1) is 0 Å². The molecule has 2 heterocycles. The minimum atomic E-state index is -0.128. The predicted molar refractivity (Wildman–Crippen MR) is 90.4 cm³/mol. The van der Waals surface area contributed by atoms with Gasteiger partial charge in [0, 0.05) is 45.8 Å². The van der Waals surface area contributed by atoms with Gasteiger partial charge in [-0.2, -0.15) is 0 Å². The van der Waals surface area contributed by atoms with Crippen LogP contribution in [0.3, 0.4) is 0 Å². The van der Waals surface area contributed by atoms with Crippen molar-refractivity contribution in [2.24, 2.45) is 0 Å². The number of halogens is 1. The Morgan fingerprint density at radius 2 is 1.71 bits per heavy atom. The molecule has 2 aliphatic rings. The lowest BCUT2D eigenvalue weighted by Crippen LogP contribution is -2.52. The maximum Gasteiger partial charge on any atom is 0.236 e. The number of amides is 1. The third kappa shape index (κ3) is 4.75. The topological polar surface area (TPSA) is 36.0 Å². The summed E-state index contributed by atoms with van der Waals surface area (Å²) in [6.45, 7) is 7.72. The molecule has 0 saturated carbocycles. The first-order valence-corrected chi connectivity index (χ1v) is 8.76. The number of carbonyl (C=O) groups excluding carboxylic acids is 1. The average Bonchev–Trinajstić information content (AvgIpc) is 2.62. The van der Waals surface area contributed by atoms with Crippen molar-refractivity contribution in [3.05, 3.63) is 35.6 Å². The molecule has 1 amide bonds. The molecular formula is C18H26FN3O2. The van der Waals surface area contributed by atoms with Crippen LogP contribution in [0.1, 0.15) is 5.56 Å². The Kier molecular flexibility index (Phi) is 6.18. The average molecular weight is 335 g/mol. The molecule has 0 spiro atoms. The number of hydrogen-bond acceptors (Lipinski definition) is 4. The SMILES string of the molecule is O=C(CN1CCOCC1)N1CCN(CCc2ccccc2F)CC1. The predicted octanol–water partition coefficient (Wildman–Crippen LogP) is 0.845. The summed E-state index contributed by atoms with van der Waals surface area (Å²) in [5.74, 6) is 0.0856. The second-order valence-electron chi connectivity index (χ2n) is 6.45. The van der Waals surface area contributed by atoms with Gasteiger partial charge >= 0.3 is 0 Å². The largest absolute Gasteiger partial charge is 0.379 e. The van der Waals surface area contributed by atoms with Crippen LogP contribution in [0.2, 0.25) is 0 Å². The number of nitrogens with zero attached hydrogens (tertiary/aromatic N) is 3. The van der Waals surface area contributed by atoms with Crippen LogP contribution in [-0.2, 0) is 16.0 Å². The summed E-state index contributed by atoms with van der Waals surface area (Å²) in [4.78, 5) is 18.8. The van der Waals surface area contributed by atoms with Crippen molar-refractivity contribution in [2.45, 2.75) is 6.42 Å². The smallest absolute Gasteiger partial charge is 0.236 e. The van der Waals surface area contributed by atoms with Gasteiger partial charge in [0.25, 0.3) is 0 Å². The summed E-state index contributed by atoms with van der Waals surface area (Å²) >= 11 is 0. The van der Waals surface area contributed by atoms with Gasteiger partial charge in [0.05, 0.1) is 19.8 Å². The highest BCUT2D eigenvalue weighted by atomic mass is 19.1. The van der Waals surface area contributed by atoms with Crippen molar-refractivity contribution in [1.29, 1.82) is 0 Å². The quantitative estimate of drug-likeness (QED) is 0.799. The van der Waals surface area contributed by atoms with Crippen LogP contribution in [0.4, 0.5) is 4.39 Å². The fourth-order valence-electron chi connectivity index (χ4n) is 3.25. The van der Waals surface area contributed by atoms with Gasteiger partial charge in [0.1, 0.15) is 5.82 Å². The minimum absolute atomic E-state index is 0.128. The second-order valence-corrected chi connectivity index (χ2v) is 6.45. The lowest BCUT2D eigenvalue weighted by atomic mass is 10.1. The summed E-state index contributed by atoms with van der Waals surface area (Å²) in [6, 6.07) is 6.95. The molecule has 1 aromatic carbocycles. The standard InChI is InChI=1S/C18H26FN3O2/c19-17-4-2-1-3-16(17)5-6-20-7-9-22(10-8-20)18(23)15-21-11-13-24-14-12-21/h1-4H,5-15H2. The van der Waals surface area contributed by atoms with Crippen molar-refractivity contribution in [2.75, 3.05) is 65.6 Å². The summed E-state index contributed by atoms with van der Waals surface area (Å²) in [5.41, 5.74) is 0.767. The van der Waals surface area contributed by atoms with Crippen LogP contribution in [0, 0.1) is 5.82 Å². The zero-order valence-corrected chi connectivity index (χ0v) is 14.1. The van der Waals surface area contributed by atoms with E-state index in [-0.39, 0.29) is 11.7 Å². The number of benzene rings is 1. The van der Waals surface area contributed by atoms with E-state index < -0.39 is 0 Å². The van der Waals surface area contributed by atoms with E-state index in [0.29, 0.717) is 13.0 Å². The maximum atomic E-state index is 13.6. The second kappa shape index (κ2) is 8.55. The lowest BCUT2D eigenvalue weighted by molar-refractivity contribution is -0.135. The van der Waals surface area contributed by atoms with Crippen LogP contribution >= 0.6 is 0 Å². The number of morpholine rings is 1. The Hall–Kier alpha value is -1.50. The molecule has 0 aromatic heterocycles. The molecule has 24 heavy (non-hydrogen) atoms. The van der Waals surface area contributed by atoms with Crippen molar-refractivity contribution >= 4 is 5.91 Å². The minimum Gasteiger partial charge on any atom is -0.379 e. The third-order valence-electron chi connectivity index (χ3n) is 4.84. The van der Waals surface area contributed by atoms with Crippen LogP contribution in [-0.4, -0.2) is 86.2 Å². The highest BCUT2D eigenvalue weighted by Crippen LogP contribution is 2.10. The van der Waals surface area contributed by atoms with Gasteiger partial charge < -0.3 is 9.64 Å². The first-order valence-electron chi connectivity index (χ1n) is 8.76. The Labute approximate surface area is 143 Å². The fraction of sp³-hybridized carbons (Fsp3) is 0.611. The van der Waals surface area contributed by atoms with E-state index >= 15 is 0 Å². The third-order valence-corrected chi connectivity index (χ3v) is 4.84. The Morgan fingerprint density at radius 1 is 1.00 bits per heavy atom. The molecule has 3 rings (SSSR count). The molecule has 1 aromatic rings. The Morgan fingerprint density at radius 3 is 2.42 bits per heavy atom. The summed E-state index contributed by atoms with van der Waals surface area (Å²) in [6.07, 6.45) is 0.717. The zero-order valence-electron chi connectivity index (χ0n) is 14.1. The van der Waals surface area contributed by atoms with E-state index in [2.05, 4.69) is 9.80 Å². The van der Waals surface area contributed by atoms with Crippen molar-refractivity contribution in [3.63, 3.8) is 0 Å². The van der Waals surface area contributed by atoms with E-state index in [4.69, 9.17) is 4.74 Å². The van der Waals surface area contributed by atoms with E-state index in [1.165, 1.54) is 6.07 Å². The van der Waals surface area contributed by atoms with E-state index in [1.54, 1.807) is 6.07 Å². The van der Waals surface area contributed by atoms with E-state index in [9.17, 15) is 9.18 Å². The van der Waals surface area contributed by atoms with E-state index in [0.717, 1.165) is 64.6 Å². The highest BCUT2D eigenvalue weighted by molar-refractivity contribution is 5.78. The van der Waals surface area contributed by atoms with Gasteiger partial charge in [-0.25, -0.2) is 4.39 Å². The zero-order chi connectivity index (χ0) is 16.8. The van der Waals surface area contributed by atoms with Gasteiger partial charge in [0.2, 0.25) is 5.91 Å². The molecule has 0 atom stereocenters. The Bertz CT molecular complexity index is 541. The molecule has 2 fully saturated rings. The molecule has 0 aliphatic carbocycles. The molecule has 132 valence electrons. The van der Waals surface area contributed by atoms with Crippen LogP contribution < -0.4 is 0 Å². The molecule has 0 N–H and O–H groups in total. The normalized spacial score (nSPS) is 20.3. The van der Waals surface area contributed by atoms with Crippen LogP contribution in [0.5, 0.6) is 0 Å². The van der Waals surface area contributed by atoms with Gasteiger partial charge in [-0.3, -0.25) is 14.6 Å². The number of carbonyl (C=O) groups is 1. The van der Waals surface area contributed by atoms with Gasteiger partial charge in [-0.1, -0.05) is 18.2 Å². The molecule has 5 nitrogen and oxygen atoms in total. The number of piperazine rings is 1. The maximum absolute atomic E-state index is 13.6. The first-order chi connectivity index (χ1) is 11.7. The molecule has 2 saturated heterocycles. The molecule has 0 radical (unpaired) electrons.